The molecule has 2 aromatic carbocycles. The minimum atomic E-state index is 0.132. The van der Waals surface area contributed by atoms with Gasteiger partial charge in [0.05, 0.1) is 17.3 Å². The van der Waals surface area contributed by atoms with E-state index >= 15 is 0 Å². The van der Waals surface area contributed by atoms with Crippen molar-refractivity contribution >= 4 is 44.4 Å². The van der Waals surface area contributed by atoms with E-state index in [0.717, 1.165) is 57.8 Å². The van der Waals surface area contributed by atoms with E-state index in [1.54, 1.807) is 30.2 Å². The van der Waals surface area contributed by atoms with Gasteiger partial charge in [0.15, 0.2) is 5.13 Å². The van der Waals surface area contributed by atoms with Gasteiger partial charge in [0, 0.05) is 30.2 Å². The minimum absolute atomic E-state index is 0.132. The van der Waals surface area contributed by atoms with Crippen LogP contribution in [0, 0.1) is 0 Å². The molecule has 0 N–H and O–H groups in total. The molecule has 0 unspecified atom stereocenters. The average Bonchev–Trinajstić information content (AvgIpc) is 3.25. The van der Waals surface area contributed by atoms with Gasteiger partial charge in [0.2, 0.25) is 5.91 Å². The van der Waals surface area contributed by atoms with Crippen LogP contribution >= 0.6 is 23.1 Å². The number of fused-ring (bicyclic) bond motifs is 1. The molecule has 3 aromatic rings. The molecule has 0 aliphatic heterocycles. The summed E-state index contributed by atoms with van der Waals surface area (Å²) in [7, 11) is 1.67. The predicted molar refractivity (Wildman–Crippen MR) is 137 cm³/mol. The first-order valence-corrected chi connectivity index (χ1v) is 13.1. The molecular weight excluding hydrogens is 438 g/mol. The van der Waals surface area contributed by atoms with Crippen molar-refractivity contribution in [3.05, 3.63) is 48.0 Å². The smallest absolute Gasteiger partial charge is 0.229 e. The second kappa shape index (κ2) is 12.2. The molecule has 0 bridgehead atoms. The van der Waals surface area contributed by atoms with Crippen molar-refractivity contribution in [3.63, 3.8) is 0 Å². The van der Waals surface area contributed by atoms with Gasteiger partial charge < -0.3 is 9.64 Å². The third-order valence-electron chi connectivity index (χ3n) is 5.56. The van der Waals surface area contributed by atoms with Crippen molar-refractivity contribution in [2.75, 3.05) is 43.9 Å². The van der Waals surface area contributed by atoms with Gasteiger partial charge >= 0.3 is 0 Å². The molecule has 0 aliphatic rings. The Balaban J connectivity index is 1.71. The fourth-order valence-electron chi connectivity index (χ4n) is 3.46. The van der Waals surface area contributed by atoms with Crippen LogP contribution in [0.5, 0.6) is 5.75 Å². The van der Waals surface area contributed by atoms with Gasteiger partial charge in [-0.05, 0) is 61.5 Å². The number of aryl methyl sites for hydroxylation is 1. The molecule has 0 saturated carbocycles. The zero-order valence-corrected chi connectivity index (χ0v) is 21.1. The number of carbonyl (C=O) groups is 1. The summed E-state index contributed by atoms with van der Waals surface area (Å²) >= 11 is 3.31. The van der Waals surface area contributed by atoms with Crippen LogP contribution in [-0.2, 0) is 11.2 Å². The number of rotatable bonds is 12. The fraction of sp³-hybridized carbons (Fsp3) is 0.440. The van der Waals surface area contributed by atoms with Gasteiger partial charge in [-0.15, -0.1) is 11.8 Å². The van der Waals surface area contributed by atoms with E-state index in [-0.39, 0.29) is 5.91 Å². The molecule has 0 spiro atoms. The van der Waals surface area contributed by atoms with E-state index in [0.29, 0.717) is 13.0 Å². The molecule has 1 amide bonds. The van der Waals surface area contributed by atoms with E-state index in [9.17, 15) is 4.79 Å². The Kier molecular flexibility index (Phi) is 9.38. The van der Waals surface area contributed by atoms with Crippen LogP contribution in [0.3, 0.4) is 0 Å². The largest absolute Gasteiger partial charge is 0.497 e. The van der Waals surface area contributed by atoms with E-state index in [2.05, 4.69) is 43.9 Å². The number of thiazole rings is 1. The highest BCUT2D eigenvalue weighted by molar-refractivity contribution is 7.99. The predicted octanol–water partition coefficient (Wildman–Crippen LogP) is 5.72. The molecule has 0 aliphatic carbocycles. The molecular formula is C25H33N3O2S2. The number of ether oxygens (including phenoxy) is 1. The van der Waals surface area contributed by atoms with Gasteiger partial charge in [-0.25, -0.2) is 4.98 Å². The van der Waals surface area contributed by atoms with Crippen molar-refractivity contribution in [1.29, 1.82) is 0 Å². The van der Waals surface area contributed by atoms with Gasteiger partial charge in [-0.1, -0.05) is 38.2 Å². The molecule has 0 radical (unpaired) electrons. The maximum absolute atomic E-state index is 13.3. The van der Waals surface area contributed by atoms with Crippen LogP contribution < -0.4 is 9.64 Å². The second-order valence-corrected chi connectivity index (χ2v) is 9.68. The molecule has 3 rings (SSSR count). The molecule has 172 valence electrons. The highest BCUT2D eigenvalue weighted by Gasteiger charge is 2.20. The molecule has 7 heteroatoms. The number of thioether (sulfide) groups is 1. The number of likely N-dealkylation sites (N-methyl/N-ethyl adjacent to an activating group) is 1. The normalized spacial score (nSPS) is 11.3. The lowest BCUT2D eigenvalue weighted by atomic mass is 10.2. The lowest BCUT2D eigenvalue weighted by Crippen LogP contribution is -2.39. The second-order valence-electron chi connectivity index (χ2n) is 7.50. The maximum Gasteiger partial charge on any atom is 0.229 e. The number of hydrogen-bond donors (Lipinski definition) is 0. The van der Waals surface area contributed by atoms with Gasteiger partial charge in [-0.2, -0.15) is 0 Å². The van der Waals surface area contributed by atoms with Crippen LogP contribution in [-0.4, -0.2) is 54.8 Å². The Hall–Kier alpha value is -2.09. The standard InChI is InChI=1S/C25H33N3O2S2/c1-5-19-8-13-22-23(18-19)32-25(26-22)28(16-15-27(6-2)7-3)24(29)14-17-31-21-11-9-20(30-4)10-12-21/h8-13,18H,5-7,14-17H2,1-4H3. The SMILES string of the molecule is CCc1ccc2nc(N(CCN(CC)CC)C(=O)CCSc3ccc(OC)cc3)sc2c1. The number of hydrogen-bond acceptors (Lipinski definition) is 6. The summed E-state index contributed by atoms with van der Waals surface area (Å²) in [4.78, 5) is 23.4. The van der Waals surface area contributed by atoms with Gasteiger partial charge in [0.1, 0.15) is 5.75 Å². The van der Waals surface area contributed by atoms with Crippen LogP contribution in [0.4, 0.5) is 5.13 Å². The van der Waals surface area contributed by atoms with Crippen LogP contribution in [0.1, 0.15) is 32.8 Å². The zero-order chi connectivity index (χ0) is 22.9. The van der Waals surface area contributed by atoms with Crippen LogP contribution in [0.25, 0.3) is 10.2 Å². The summed E-state index contributed by atoms with van der Waals surface area (Å²) in [6.07, 6.45) is 1.47. The number of nitrogens with zero attached hydrogens (tertiary/aromatic N) is 3. The summed E-state index contributed by atoms with van der Waals surface area (Å²) < 4.78 is 6.36. The summed E-state index contributed by atoms with van der Waals surface area (Å²) in [5, 5.41) is 0.805. The molecule has 32 heavy (non-hydrogen) atoms. The number of methoxy groups -OCH3 is 1. The topological polar surface area (TPSA) is 45.7 Å². The van der Waals surface area contributed by atoms with Crippen molar-refractivity contribution in [2.24, 2.45) is 0 Å². The quantitative estimate of drug-likeness (QED) is 0.316. The summed E-state index contributed by atoms with van der Waals surface area (Å²) in [5.41, 5.74) is 2.26. The first-order chi connectivity index (χ1) is 15.6. The number of amides is 1. The minimum Gasteiger partial charge on any atom is -0.497 e. The summed E-state index contributed by atoms with van der Waals surface area (Å²) in [6, 6.07) is 14.4. The van der Waals surface area contributed by atoms with Crippen LogP contribution in [0.2, 0.25) is 0 Å². The van der Waals surface area contributed by atoms with E-state index in [1.807, 2.05) is 29.2 Å². The Morgan fingerprint density at radius 3 is 2.47 bits per heavy atom. The third kappa shape index (κ3) is 6.47. The fourth-order valence-corrected chi connectivity index (χ4v) is 5.38. The molecule has 1 aromatic heterocycles. The Morgan fingerprint density at radius 1 is 1.06 bits per heavy atom. The third-order valence-corrected chi connectivity index (χ3v) is 7.62. The van der Waals surface area contributed by atoms with Crippen molar-refractivity contribution in [2.45, 2.75) is 38.5 Å². The molecule has 1 heterocycles. The zero-order valence-electron chi connectivity index (χ0n) is 19.5. The lowest BCUT2D eigenvalue weighted by molar-refractivity contribution is -0.118. The number of carbonyl (C=O) groups excluding carboxylic acids is 1. The van der Waals surface area contributed by atoms with Crippen molar-refractivity contribution in [3.8, 4) is 5.75 Å². The summed E-state index contributed by atoms with van der Waals surface area (Å²) in [5.74, 6) is 1.71. The molecule has 0 atom stereocenters. The monoisotopic (exact) mass is 471 g/mol. The Morgan fingerprint density at radius 2 is 1.81 bits per heavy atom. The highest BCUT2D eigenvalue weighted by Crippen LogP contribution is 2.30. The highest BCUT2D eigenvalue weighted by atomic mass is 32.2. The van der Waals surface area contributed by atoms with E-state index in [1.165, 1.54) is 5.56 Å². The number of anilines is 1. The maximum atomic E-state index is 13.3. The average molecular weight is 472 g/mol. The Labute approximate surface area is 199 Å². The van der Waals surface area contributed by atoms with Crippen LogP contribution in [0.15, 0.2) is 47.4 Å². The Bertz CT molecular complexity index is 1000. The number of benzene rings is 2. The molecule has 5 nitrogen and oxygen atoms in total. The van der Waals surface area contributed by atoms with E-state index in [4.69, 9.17) is 9.72 Å². The van der Waals surface area contributed by atoms with E-state index < -0.39 is 0 Å². The van der Waals surface area contributed by atoms with Gasteiger partial charge in [-0.3, -0.25) is 9.69 Å². The van der Waals surface area contributed by atoms with Gasteiger partial charge in [0.25, 0.3) is 0 Å². The first-order valence-electron chi connectivity index (χ1n) is 11.3. The molecule has 0 fully saturated rings. The summed E-state index contributed by atoms with van der Waals surface area (Å²) in [6.45, 7) is 9.94. The first kappa shape index (κ1) is 24.6. The van der Waals surface area contributed by atoms with Crippen molar-refractivity contribution in [1.82, 2.24) is 9.88 Å². The number of aromatic nitrogens is 1. The lowest BCUT2D eigenvalue weighted by Gasteiger charge is -2.24. The molecule has 0 saturated heterocycles. The van der Waals surface area contributed by atoms with Crippen molar-refractivity contribution < 1.29 is 9.53 Å².